The van der Waals surface area contributed by atoms with Crippen molar-refractivity contribution in [2.75, 3.05) is 5.32 Å². The van der Waals surface area contributed by atoms with Crippen LogP contribution in [0.4, 0.5) is 5.69 Å². The zero-order chi connectivity index (χ0) is 13.0. The number of aromatic nitrogens is 1. The molecule has 1 aromatic heterocycles. The number of pyridine rings is 1. The summed E-state index contributed by atoms with van der Waals surface area (Å²) in [6.45, 7) is 4.53. The molecular formula is C15H15N3. The molecule has 1 heterocycles. The molecule has 0 aliphatic rings. The van der Waals surface area contributed by atoms with E-state index in [0.717, 1.165) is 22.6 Å². The van der Waals surface area contributed by atoms with Crippen LogP contribution in [-0.2, 0) is 6.54 Å². The van der Waals surface area contributed by atoms with E-state index in [9.17, 15) is 0 Å². The van der Waals surface area contributed by atoms with Crippen molar-refractivity contribution in [3.63, 3.8) is 0 Å². The third-order valence-electron chi connectivity index (χ3n) is 2.79. The molecule has 0 aliphatic heterocycles. The zero-order valence-electron chi connectivity index (χ0n) is 10.6. The molecule has 18 heavy (non-hydrogen) atoms. The molecule has 1 N–H and O–H groups in total. The standard InChI is InChI=1S/C15H15N3/c1-11-5-3-8-15(14(11)9-16)17-10-13-7-4-6-12(2)18-13/h3-8,17H,10H2,1-2H3. The molecule has 90 valence electrons. The number of rotatable bonds is 3. The number of anilines is 1. The minimum absolute atomic E-state index is 0.625. The van der Waals surface area contributed by atoms with Gasteiger partial charge in [-0.1, -0.05) is 18.2 Å². The van der Waals surface area contributed by atoms with E-state index in [1.807, 2.05) is 50.2 Å². The van der Waals surface area contributed by atoms with Gasteiger partial charge in [0.15, 0.2) is 0 Å². The van der Waals surface area contributed by atoms with Gasteiger partial charge in [0.25, 0.3) is 0 Å². The lowest BCUT2D eigenvalue weighted by Crippen LogP contribution is -2.04. The molecule has 2 aromatic rings. The summed E-state index contributed by atoms with van der Waals surface area (Å²) in [5, 5.41) is 12.4. The first-order valence-electron chi connectivity index (χ1n) is 5.87. The quantitative estimate of drug-likeness (QED) is 0.891. The van der Waals surface area contributed by atoms with Crippen LogP contribution in [0.3, 0.4) is 0 Å². The van der Waals surface area contributed by atoms with Gasteiger partial charge >= 0.3 is 0 Å². The van der Waals surface area contributed by atoms with Crippen molar-refractivity contribution >= 4 is 5.69 Å². The summed E-state index contributed by atoms with van der Waals surface area (Å²) in [6.07, 6.45) is 0. The lowest BCUT2D eigenvalue weighted by Gasteiger charge is -2.09. The SMILES string of the molecule is Cc1cccc(CNc2cccc(C)c2C#N)n1. The molecule has 0 fully saturated rings. The fraction of sp³-hybridized carbons (Fsp3) is 0.200. The summed E-state index contributed by atoms with van der Waals surface area (Å²) in [6, 6.07) is 14.0. The largest absolute Gasteiger partial charge is 0.378 e. The smallest absolute Gasteiger partial charge is 0.102 e. The van der Waals surface area contributed by atoms with Gasteiger partial charge in [0.05, 0.1) is 23.5 Å². The summed E-state index contributed by atoms with van der Waals surface area (Å²) in [7, 11) is 0. The predicted molar refractivity (Wildman–Crippen MR) is 72.2 cm³/mol. The maximum absolute atomic E-state index is 9.13. The Labute approximate surface area is 107 Å². The van der Waals surface area contributed by atoms with Gasteiger partial charge in [-0.25, -0.2) is 0 Å². The Kier molecular flexibility index (Phi) is 3.59. The third-order valence-corrected chi connectivity index (χ3v) is 2.79. The Hall–Kier alpha value is -2.34. The monoisotopic (exact) mass is 237 g/mol. The van der Waals surface area contributed by atoms with E-state index in [0.29, 0.717) is 12.1 Å². The van der Waals surface area contributed by atoms with Crippen molar-refractivity contribution in [1.29, 1.82) is 5.26 Å². The normalized spacial score (nSPS) is 9.83. The van der Waals surface area contributed by atoms with Crippen LogP contribution in [0.25, 0.3) is 0 Å². The number of benzene rings is 1. The van der Waals surface area contributed by atoms with Crippen molar-refractivity contribution in [2.45, 2.75) is 20.4 Å². The third kappa shape index (κ3) is 2.67. The van der Waals surface area contributed by atoms with Crippen molar-refractivity contribution < 1.29 is 0 Å². The van der Waals surface area contributed by atoms with Crippen molar-refractivity contribution in [3.05, 3.63) is 58.9 Å². The van der Waals surface area contributed by atoms with E-state index in [-0.39, 0.29) is 0 Å². The second-order valence-electron chi connectivity index (χ2n) is 4.23. The summed E-state index contributed by atoms with van der Waals surface area (Å²) in [5.41, 5.74) is 4.52. The van der Waals surface area contributed by atoms with E-state index in [2.05, 4.69) is 16.4 Å². The van der Waals surface area contributed by atoms with Gasteiger partial charge in [0.2, 0.25) is 0 Å². The molecule has 0 saturated heterocycles. The number of hydrogen-bond acceptors (Lipinski definition) is 3. The van der Waals surface area contributed by atoms with Crippen LogP contribution in [0.5, 0.6) is 0 Å². The Balaban J connectivity index is 2.16. The first kappa shape index (κ1) is 12.1. The minimum Gasteiger partial charge on any atom is -0.378 e. The molecule has 0 amide bonds. The Morgan fingerprint density at radius 2 is 1.94 bits per heavy atom. The van der Waals surface area contributed by atoms with Crippen LogP contribution in [0.2, 0.25) is 0 Å². The molecular weight excluding hydrogens is 222 g/mol. The van der Waals surface area contributed by atoms with Gasteiger partial charge < -0.3 is 5.32 Å². The van der Waals surface area contributed by atoms with Crippen LogP contribution in [0, 0.1) is 25.2 Å². The lowest BCUT2D eigenvalue weighted by molar-refractivity contribution is 1.01. The maximum Gasteiger partial charge on any atom is 0.102 e. The molecule has 0 atom stereocenters. The molecule has 0 spiro atoms. The van der Waals surface area contributed by atoms with Crippen molar-refractivity contribution in [1.82, 2.24) is 4.98 Å². The summed E-state index contributed by atoms with van der Waals surface area (Å²) in [4.78, 5) is 4.42. The lowest BCUT2D eigenvalue weighted by atomic mass is 10.1. The summed E-state index contributed by atoms with van der Waals surface area (Å²) < 4.78 is 0. The number of nitriles is 1. The second kappa shape index (κ2) is 5.33. The van der Waals surface area contributed by atoms with Crippen LogP contribution >= 0.6 is 0 Å². The van der Waals surface area contributed by atoms with Crippen LogP contribution in [0.15, 0.2) is 36.4 Å². The molecule has 0 saturated carbocycles. The van der Waals surface area contributed by atoms with Gasteiger partial charge in [-0.15, -0.1) is 0 Å². The highest BCUT2D eigenvalue weighted by molar-refractivity contribution is 5.60. The molecule has 0 aliphatic carbocycles. The highest BCUT2D eigenvalue weighted by Gasteiger charge is 2.04. The first-order chi connectivity index (χ1) is 8.70. The van der Waals surface area contributed by atoms with Gasteiger partial charge in [-0.2, -0.15) is 5.26 Å². The minimum atomic E-state index is 0.625. The number of hydrogen-bond donors (Lipinski definition) is 1. The predicted octanol–water partition coefficient (Wildman–Crippen LogP) is 3.18. The highest BCUT2D eigenvalue weighted by atomic mass is 14.9. The summed E-state index contributed by atoms with van der Waals surface area (Å²) in [5.74, 6) is 0. The van der Waals surface area contributed by atoms with Crippen LogP contribution < -0.4 is 5.32 Å². The van der Waals surface area contributed by atoms with E-state index >= 15 is 0 Å². The van der Waals surface area contributed by atoms with E-state index < -0.39 is 0 Å². The molecule has 0 bridgehead atoms. The van der Waals surface area contributed by atoms with Gasteiger partial charge in [0.1, 0.15) is 6.07 Å². The van der Waals surface area contributed by atoms with Gasteiger partial charge in [-0.05, 0) is 37.6 Å². The van der Waals surface area contributed by atoms with Crippen molar-refractivity contribution in [2.24, 2.45) is 0 Å². The zero-order valence-corrected chi connectivity index (χ0v) is 10.6. The molecule has 0 radical (unpaired) electrons. The molecule has 2 rings (SSSR count). The molecule has 0 unspecified atom stereocenters. The number of nitrogens with one attached hydrogen (secondary N) is 1. The number of aryl methyl sites for hydroxylation is 2. The van der Waals surface area contributed by atoms with Crippen LogP contribution in [0.1, 0.15) is 22.5 Å². The summed E-state index contributed by atoms with van der Waals surface area (Å²) >= 11 is 0. The Morgan fingerprint density at radius 3 is 2.67 bits per heavy atom. The molecule has 3 nitrogen and oxygen atoms in total. The molecule has 1 aromatic carbocycles. The van der Waals surface area contributed by atoms with E-state index in [1.54, 1.807) is 0 Å². The Morgan fingerprint density at radius 1 is 1.17 bits per heavy atom. The average Bonchev–Trinajstić information content (AvgIpc) is 2.36. The van der Waals surface area contributed by atoms with E-state index in [4.69, 9.17) is 5.26 Å². The fourth-order valence-electron chi connectivity index (χ4n) is 1.85. The van der Waals surface area contributed by atoms with Gasteiger partial charge in [-0.3, -0.25) is 4.98 Å². The average molecular weight is 237 g/mol. The fourth-order valence-corrected chi connectivity index (χ4v) is 1.85. The van der Waals surface area contributed by atoms with Gasteiger partial charge in [0, 0.05) is 5.69 Å². The first-order valence-corrected chi connectivity index (χ1v) is 5.87. The van der Waals surface area contributed by atoms with E-state index in [1.165, 1.54) is 0 Å². The van der Waals surface area contributed by atoms with Crippen LogP contribution in [-0.4, -0.2) is 4.98 Å². The molecule has 3 heteroatoms. The highest BCUT2D eigenvalue weighted by Crippen LogP contribution is 2.18. The second-order valence-corrected chi connectivity index (χ2v) is 4.23. The van der Waals surface area contributed by atoms with Crippen molar-refractivity contribution in [3.8, 4) is 6.07 Å². The maximum atomic E-state index is 9.13. The topological polar surface area (TPSA) is 48.7 Å². The Bertz CT molecular complexity index is 597. The number of nitrogens with zero attached hydrogens (tertiary/aromatic N) is 2.